The van der Waals surface area contributed by atoms with Gasteiger partial charge in [-0.1, -0.05) is 24.6 Å². The highest BCUT2D eigenvalue weighted by molar-refractivity contribution is 5.96. The first-order valence-corrected chi connectivity index (χ1v) is 6.67. The molecule has 1 atom stereocenters. The Morgan fingerprint density at radius 2 is 1.80 bits per heavy atom. The van der Waals surface area contributed by atoms with Gasteiger partial charge in [0.25, 0.3) is 5.91 Å². The summed E-state index contributed by atoms with van der Waals surface area (Å²) in [6.45, 7) is 1.37. The zero-order chi connectivity index (χ0) is 14.4. The topological polar surface area (TPSA) is 78.9 Å². The Balaban J connectivity index is 1.95. The number of carbonyl (C=O) groups excluding carboxylic acids is 1. The van der Waals surface area contributed by atoms with Gasteiger partial charge in [-0.2, -0.15) is 5.06 Å². The number of carbonyl (C=O) groups is 2. The molecule has 1 aliphatic heterocycles. The third-order valence-corrected chi connectivity index (χ3v) is 3.09. The predicted octanol–water partition coefficient (Wildman–Crippen LogP) is 1.24. The second-order valence-electron chi connectivity index (χ2n) is 4.65. The first kappa shape index (κ1) is 14.5. The summed E-state index contributed by atoms with van der Waals surface area (Å²) in [6.07, 6.45) is 1.70. The number of hydrogen-bond acceptors (Lipinski definition) is 4. The first-order valence-electron chi connectivity index (χ1n) is 6.67. The second-order valence-corrected chi connectivity index (χ2v) is 4.65. The summed E-state index contributed by atoms with van der Waals surface area (Å²) in [4.78, 5) is 28.4. The molecular weight excluding hydrogens is 260 g/mol. The van der Waals surface area contributed by atoms with Crippen LogP contribution in [-0.4, -0.2) is 41.4 Å². The Bertz CT molecular complexity index is 458. The highest BCUT2D eigenvalue weighted by atomic mass is 16.7. The van der Waals surface area contributed by atoms with Crippen LogP contribution in [0.2, 0.25) is 0 Å². The lowest BCUT2D eigenvalue weighted by molar-refractivity contribution is -0.219. The SMILES string of the molecule is O=C(NC(ON1CCCCC1)C(=O)O)c1ccccc1. The van der Waals surface area contributed by atoms with Gasteiger partial charge >= 0.3 is 5.97 Å². The van der Waals surface area contributed by atoms with Gasteiger partial charge in [0.15, 0.2) is 0 Å². The van der Waals surface area contributed by atoms with E-state index in [1.54, 1.807) is 35.4 Å². The molecule has 0 spiro atoms. The average molecular weight is 278 g/mol. The van der Waals surface area contributed by atoms with E-state index in [-0.39, 0.29) is 0 Å². The van der Waals surface area contributed by atoms with E-state index in [2.05, 4.69) is 5.32 Å². The summed E-state index contributed by atoms with van der Waals surface area (Å²) in [7, 11) is 0. The minimum absolute atomic E-state index is 0.404. The summed E-state index contributed by atoms with van der Waals surface area (Å²) in [5.41, 5.74) is 0.404. The van der Waals surface area contributed by atoms with Crippen molar-refractivity contribution in [3.63, 3.8) is 0 Å². The van der Waals surface area contributed by atoms with Crippen LogP contribution in [0.25, 0.3) is 0 Å². The summed E-state index contributed by atoms with van der Waals surface area (Å²) in [5.74, 6) is -1.67. The molecule has 1 heterocycles. The highest BCUT2D eigenvalue weighted by Crippen LogP contribution is 2.10. The van der Waals surface area contributed by atoms with Gasteiger partial charge in [-0.3, -0.25) is 9.63 Å². The predicted molar refractivity (Wildman–Crippen MR) is 71.8 cm³/mol. The summed E-state index contributed by atoms with van der Waals surface area (Å²) in [6, 6.07) is 8.46. The number of aliphatic carboxylic acids is 1. The fraction of sp³-hybridized carbons (Fsp3) is 0.429. The number of rotatable bonds is 5. The number of nitrogens with one attached hydrogen (secondary N) is 1. The van der Waals surface area contributed by atoms with E-state index in [0.29, 0.717) is 18.7 Å². The first-order chi connectivity index (χ1) is 9.66. The zero-order valence-corrected chi connectivity index (χ0v) is 11.1. The van der Waals surface area contributed by atoms with Crippen LogP contribution in [0.1, 0.15) is 29.6 Å². The lowest BCUT2D eigenvalue weighted by Gasteiger charge is -2.28. The second kappa shape index (κ2) is 7.02. The molecule has 1 aromatic carbocycles. The number of piperidine rings is 1. The van der Waals surface area contributed by atoms with Crippen molar-refractivity contribution in [2.75, 3.05) is 13.1 Å². The minimum atomic E-state index is -1.36. The molecule has 1 unspecified atom stereocenters. The van der Waals surface area contributed by atoms with E-state index in [4.69, 9.17) is 9.94 Å². The molecule has 1 aromatic rings. The largest absolute Gasteiger partial charge is 0.478 e. The van der Waals surface area contributed by atoms with Crippen LogP contribution in [0.5, 0.6) is 0 Å². The third kappa shape index (κ3) is 4.04. The lowest BCUT2D eigenvalue weighted by atomic mass is 10.2. The molecule has 0 radical (unpaired) electrons. The average Bonchev–Trinajstić information content (AvgIpc) is 2.48. The molecule has 1 saturated heterocycles. The van der Waals surface area contributed by atoms with Gasteiger partial charge in [0.2, 0.25) is 6.23 Å². The van der Waals surface area contributed by atoms with Crippen LogP contribution in [0.15, 0.2) is 30.3 Å². The monoisotopic (exact) mass is 278 g/mol. The van der Waals surface area contributed by atoms with Gasteiger partial charge in [0.1, 0.15) is 0 Å². The molecule has 2 N–H and O–H groups in total. The van der Waals surface area contributed by atoms with Crippen molar-refractivity contribution in [1.29, 1.82) is 0 Å². The maximum Gasteiger partial charge on any atom is 0.355 e. The molecule has 0 aromatic heterocycles. The van der Waals surface area contributed by atoms with Crippen LogP contribution in [0.3, 0.4) is 0 Å². The van der Waals surface area contributed by atoms with E-state index in [1.807, 2.05) is 0 Å². The molecule has 1 amide bonds. The number of hydrogen-bond donors (Lipinski definition) is 2. The van der Waals surface area contributed by atoms with Crippen molar-refractivity contribution in [3.8, 4) is 0 Å². The maximum absolute atomic E-state index is 11.9. The van der Waals surface area contributed by atoms with Crippen LogP contribution in [0.4, 0.5) is 0 Å². The Morgan fingerprint density at radius 1 is 1.15 bits per heavy atom. The summed E-state index contributed by atoms with van der Waals surface area (Å²) >= 11 is 0. The van der Waals surface area contributed by atoms with E-state index < -0.39 is 18.1 Å². The third-order valence-electron chi connectivity index (χ3n) is 3.09. The molecule has 0 saturated carbocycles. The molecule has 6 heteroatoms. The van der Waals surface area contributed by atoms with Crippen molar-refractivity contribution in [2.24, 2.45) is 0 Å². The molecular formula is C14H18N2O4. The summed E-state index contributed by atoms with van der Waals surface area (Å²) < 4.78 is 0. The van der Waals surface area contributed by atoms with Crippen LogP contribution in [0, 0.1) is 0 Å². The number of amides is 1. The Labute approximate surface area is 117 Å². The smallest absolute Gasteiger partial charge is 0.355 e. The van der Waals surface area contributed by atoms with E-state index >= 15 is 0 Å². The summed E-state index contributed by atoms with van der Waals surface area (Å²) in [5, 5.41) is 13.1. The van der Waals surface area contributed by atoms with Gasteiger partial charge in [-0.25, -0.2) is 4.79 Å². The molecule has 0 bridgehead atoms. The number of carboxylic acids is 1. The van der Waals surface area contributed by atoms with E-state index in [9.17, 15) is 9.59 Å². The van der Waals surface area contributed by atoms with Crippen LogP contribution in [-0.2, 0) is 9.63 Å². The van der Waals surface area contributed by atoms with Crippen LogP contribution >= 0.6 is 0 Å². The fourth-order valence-corrected chi connectivity index (χ4v) is 2.04. The standard InChI is InChI=1S/C14H18N2O4/c17-12(11-7-3-1-4-8-11)15-13(14(18)19)20-16-9-5-2-6-10-16/h1,3-4,7-8,13H,2,5-6,9-10H2,(H,15,17)(H,18,19). The zero-order valence-electron chi connectivity index (χ0n) is 11.1. The van der Waals surface area contributed by atoms with Gasteiger partial charge in [-0.05, 0) is 25.0 Å². The highest BCUT2D eigenvalue weighted by Gasteiger charge is 2.25. The van der Waals surface area contributed by atoms with E-state index in [1.165, 1.54) is 0 Å². The normalized spacial score (nSPS) is 17.4. The van der Waals surface area contributed by atoms with Gasteiger partial charge in [-0.15, -0.1) is 0 Å². The molecule has 1 aliphatic rings. The molecule has 0 aliphatic carbocycles. The van der Waals surface area contributed by atoms with Crippen molar-refractivity contribution in [1.82, 2.24) is 10.4 Å². The van der Waals surface area contributed by atoms with Crippen molar-refractivity contribution in [2.45, 2.75) is 25.5 Å². The van der Waals surface area contributed by atoms with Gasteiger partial charge in [0, 0.05) is 18.7 Å². The fourth-order valence-electron chi connectivity index (χ4n) is 2.04. The van der Waals surface area contributed by atoms with Gasteiger partial charge in [0.05, 0.1) is 0 Å². The van der Waals surface area contributed by atoms with Crippen LogP contribution < -0.4 is 5.32 Å². The Morgan fingerprint density at radius 3 is 2.40 bits per heavy atom. The van der Waals surface area contributed by atoms with E-state index in [0.717, 1.165) is 19.3 Å². The molecule has 108 valence electrons. The minimum Gasteiger partial charge on any atom is -0.478 e. The molecule has 6 nitrogen and oxygen atoms in total. The lowest BCUT2D eigenvalue weighted by Crippen LogP contribution is -2.47. The Hall–Kier alpha value is -1.92. The number of hydroxylamine groups is 2. The molecule has 2 rings (SSSR count). The number of carboxylic acid groups (broad SMARTS) is 1. The number of nitrogens with zero attached hydrogens (tertiary/aromatic N) is 1. The molecule has 20 heavy (non-hydrogen) atoms. The van der Waals surface area contributed by atoms with Crippen molar-refractivity contribution < 1.29 is 19.5 Å². The van der Waals surface area contributed by atoms with Crippen molar-refractivity contribution in [3.05, 3.63) is 35.9 Å². The maximum atomic E-state index is 11.9. The Kier molecular flexibility index (Phi) is 5.09. The van der Waals surface area contributed by atoms with Gasteiger partial charge < -0.3 is 10.4 Å². The number of benzene rings is 1. The quantitative estimate of drug-likeness (QED) is 0.792. The molecule has 1 fully saturated rings. The van der Waals surface area contributed by atoms with Crippen molar-refractivity contribution >= 4 is 11.9 Å².